The molecule has 0 aliphatic carbocycles. The van der Waals surface area contributed by atoms with Gasteiger partial charge >= 0.3 is 0 Å². The number of rotatable bonds is 3. The van der Waals surface area contributed by atoms with Crippen LogP contribution in [0, 0.1) is 5.92 Å². The van der Waals surface area contributed by atoms with Crippen LogP contribution in [0.5, 0.6) is 6.01 Å². The molecule has 18 heavy (non-hydrogen) atoms. The van der Waals surface area contributed by atoms with Crippen LogP contribution in [-0.4, -0.2) is 29.8 Å². The number of nitrogens with one attached hydrogen (secondary N) is 1. The summed E-state index contributed by atoms with van der Waals surface area (Å²) in [6, 6.07) is 6.17. The highest BCUT2D eigenvalue weighted by Crippen LogP contribution is 2.20. The number of anilines is 1. The molecule has 0 radical (unpaired) electrons. The number of nitrogens with two attached hydrogens (primary N) is 1. The first-order valence-corrected chi connectivity index (χ1v) is 6.27. The molecule has 0 spiro atoms. The number of ether oxygens (including phenoxy) is 2. The number of imidazole rings is 1. The minimum Gasteiger partial charge on any atom is -0.464 e. The summed E-state index contributed by atoms with van der Waals surface area (Å²) in [5.74, 6) is 0.567. The average Bonchev–Trinajstić information content (AvgIpc) is 2.79. The first-order valence-electron chi connectivity index (χ1n) is 6.27. The van der Waals surface area contributed by atoms with Gasteiger partial charge in [-0.3, -0.25) is 0 Å². The number of H-pyrrole nitrogens is 1. The first-order chi connectivity index (χ1) is 8.81. The summed E-state index contributed by atoms with van der Waals surface area (Å²) in [4.78, 5) is 7.51. The summed E-state index contributed by atoms with van der Waals surface area (Å²) in [6.45, 7) is 2.37. The van der Waals surface area contributed by atoms with Crippen molar-refractivity contribution in [2.45, 2.75) is 12.8 Å². The SMILES string of the molecule is Nc1ccc2nc(OCC3CCOCC3)[nH]c2c1. The van der Waals surface area contributed by atoms with E-state index in [9.17, 15) is 0 Å². The quantitative estimate of drug-likeness (QED) is 0.813. The van der Waals surface area contributed by atoms with Gasteiger partial charge in [-0.05, 0) is 37.0 Å². The van der Waals surface area contributed by atoms with Gasteiger partial charge in [-0.2, -0.15) is 4.98 Å². The molecule has 2 aromatic rings. The van der Waals surface area contributed by atoms with Crippen LogP contribution in [-0.2, 0) is 4.74 Å². The molecule has 5 heteroatoms. The number of nitrogen functional groups attached to an aromatic ring is 1. The van der Waals surface area contributed by atoms with Crippen LogP contribution in [0.2, 0.25) is 0 Å². The van der Waals surface area contributed by atoms with E-state index in [4.69, 9.17) is 15.2 Å². The lowest BCUT2D eigenvalue weighted by molar-refractivity contribution is 0.0484. The van der Waals surface area contributed by atoms with Crippen LogP contribution in [0.3, 0.4) is 0 Å². The molecule has 1 aromatic carbocycles. The molecule has 5 nitrogen and oxygen atoms in total. The van der Waals surface area contributed by atoms with Crippen LogP contribution in [0.25, 0.3) is 11.0 Å². The molecular formula is C13H17N3O2. The highest BCUT2D eigenvalue weighted by Gasteiger charge is 2.15. The lowest BCUT2D eigenvalue weighted by Gasteiger charge is -2.21. The molecule has 96 valence electrons. The number of nitrogens with zero attached hydrogens (tertiary/aromatic N) is 1. The monoisotopic (exact) mass is 247 g/mol. The zero-order valence-electron chi connectivity index (χ0n) is 10.2. The Bertz CT molecular complexity index is 532. The summed E-state index contributed by atoms with van der Waals surface area (Å²) >= 11 is 0. The van der Waals surface area contributed by atoms with Crippen molar-refractivity contribution in [1.29, 1.82) is 0 Å². The number of benzene rings is 1. The summed E-state index contributed by atoms with van der Waals surface area (Å²) in [5, 5.41) is 0. The molecule has 3 N–H and O–H groups in total. The Labute approximate surface area is 105 Å². The lowest BCUT2D eigenvalue weighted by atomic mass is 10.0. The van der Waals surface area contributed by atoms with Crippen molar-refractivity contribution in [3.8, 4) is 6.01 Å². The molecule has 0 unspecified atom stereocenters. The van der Waals surface area contributed by atoms with Gasteiger partial charge in [0.05, 0.1) is 17.6 Å². The normalized spacial score (nSPS) is 17.1. The molecule has 1 aliphatic heterocycles. The number of hydrogen-bond donors (Lipinski definition) is 2. The molecule has 0 bridgehead atoms. The summed E-state index contributed by atoms with van der Waals surface area (Å²) in [6.07, 6.45) is 2.13. The van der Waals surface area contributed by atoms with E-state index < -0.39 is 0 Å². The fourth-order valence-corrected chi connectivity index (χ4v) is 2.18. The number of fused-ring (bicyclic) bond motifs is 1. The van der Waals surface area contributed by atoms with Crippen LogP contribution < -0.4 is 10.5 Å². The van der Waals surface area contributed by atoms with Crippen molar-refractivity contribution >= 4 is 16.7 Å². The van der Waals surface area contributed by atoms with Crippen LogP contribution in [0.15, 0.2) is 18.2 Å². The Morgan fingerprint density at radius 1 is 1.39 bits per heavy atom. The molecule has 0 atom stereocenters. The average molecular weight is 247 g/mol. The molecule has 1 aliphatic rings. The van der Waals surface area contributed by atoms with Crippen molar-refractivity contribution in [3.05, 3.63) is 18.2 Å². The van der Waals surface area contributed by atoms with Crippen molar-refractivity contribution in [2.75, 3.05) is 25.6 Å². The molecular weight excluding hydrogens is 230 g/mol. The highest BCUT2D eigenvalue weighted by molar-refractivity contribution is 5.79. The Hall–Kier alpha value is -1.75. The van der Waals surface area contributed by atoms with E-state index >= 15 is 0 Å². The van der Waals surface area contributed by atoms with Gasteiger partial charge in [0.2, 0.25) is 0 Å². The van der Waals surface area contributed by atoms with Crippen LogP contribution in [0.1, 0.15) is 12.8 Å². The van der Waals surface area contributed by atoms with Crippen LogP contribution >= 0.6 is 0 Å². The second-order valence-electron chi connectivity index (χ2n) is 4.69. The van der Waals surface area contributed by atoms with Crippen molar-refractivity contribution < 1.29 is 9.47 Å². The van der Waals surface area contributed by atoms with Crippen LogP contribution in [0.4, 0.5) is 5.69 Å². The van der Waals surface area contributed by atoms with Gasteiger partial charge in [0.25, 0.3) is 6.01 Å². The van der Waals surface area contributed by atoms with E-state index in [-0.39, 0.29) is 0 Å². The Morgan fingerprint density at radius 2 is 2.22 bits per heavy atom. The molecule has 3 rings (SSSR count). The molecule has 1 aromatic heterocycles. The Balaban J connectivity index is 1.67. The van der Waals surface area contributed by atoms with Crippen molar-refractivity contribution in [2.24, 2.45) is 5.92 Å². The standard InChI is InChI=1S/C13H17N3O2/c14-10-1-2-11-12(7-10)16-13(15-11)18-8-9-3-5-17-6-4-9/h1-2,7,9H,3-6,8,14H2,(H,15,16). The van der Waals surface area contributed by atoms with Gasteiger partial charge in [0.1, 0.15) is 0 Å². The van der Waals surface area contributed by atoms with Gasteiger partial charge in [-0.15, -0.1) is 0 Å². The van der Waals surface area contributed by atoms with Gasteiger partial charge in [0, 0.05) is 18.9 Å². The summed E-state index contributed by atoms with van der Waals surface area (Å²) < 4.78 is 11.0. The minimum atomic E-state index is 0.567. The fourth-order valence-electron chi connectivity index (χ4n) is 2.18. The van der Waals surface area contributed by atoms with E-state index in [1.807, 2.05) is 18.2 Å². The number of aromatic nitrogens is 2. The maximum atomic E-state index is 5.72. The summed E-state index contributed by atoms with van der Waals surface area (Å²) in [5.41, 5.74) is 8.24. The first kappa shape index (κ1) is 11.3. The van der Waals surface area contributed by atoms with E-state index in [0.29, 0.717) is 18.5 Å². The Morgan fingerprint density at radius 3 is 3.06 bits per heavy atom. The maximum Gasteiger partial charge on any atom is 0.294 e. The minimum absolute atomic E-state index is 0.567. The topological polar surface area (TPSA) is 73.2 Å². The highest BCUT2D eigenvalue weighted by atomic mass is 16.5. The largest absolute Gasteiger partial charge is 0.464 e. The van der Waals surface area contributed by atoms with E-state index in [1.165, 1.54) is 0 Å². The maximum absolute atomic E-state index is 5.72. The van der Waals surface area contributed by atoms with Gasteiger partial charge in [0.15, 0.2) is 0 Å². The lowest BCUT2D eigenvalue weighted by Crippen LogP contribution is -2.21. The smallest absolute Gasteiger partial charge is 0.294 e. The van der Waals surface area contributed by atoms with E-state index in [2.05, 4.69) is 9.97 Å². The van der Waals surface area contributed by atoms with E-state index in [0.717, 1.165) is 42.8 Å². The van der Waals surface area contributed by atoms with Crippen molar-refractivity contribution in [1.82, 2.24) is 9.97 Å². The van der Waals surface area contributed by atoms with Gasteiger partial charge < -0.3 is 20.2 Å². The third-order valence-corrected chi connectivity index (χ3v) is 3.28. The zero-order valence-corrected chi connectivity index (χ0v) is 10.2. The third-order valence-electron chi connectivity index (χ3n) is 3.28. The number of aromatic amines is 1. The molecule has 1 saturated heterocycles. The molecule has 0 amide bonds. The number of hydrogen-bond acceptors (Lipinski definition) is 4. The molecule has 0 saturated carbocycles. The van der Waals surface area contributed by atoms with Gasteiger partial charge in [-0.25, -0.2) is 0 Å². The van der Waals surface area contributed by atoms with E-state index in [1.54, 1.807) is 0 Å². The van der Waals surface area contributed by atoms with Gasteiger partial charge in [-0.1, -0.05) is 0 Å². The second-order valence-corrected chi connectivity index (χ2v) is 4.69. The third kappa shape index (κ3) is 2.41. The molecule has 2 heterocycles. The summed E-state index contributed by atoms with van der Waals surface area (Å²) in [7, 11) is 0. The fraction of sp³-hybridized carbons (Fsp3) is 0.462. The van der Waals surface area contributed by atoms with Crippen molar-refractivity contribution in [3.63, 3.8) is 0 Å². The predicted octanol–water partition coefficient (Wildman–Crippen LogP) is 1.95. The second kappa shape index (κ2) is 4.86. The Kier molecular flexibility index (Phi) is 3.06. The zero-order chi connectivity index (χ0) is 12.4. The molecule has 1 fully saturated rings. The predicted molar refractivity (Wildman–Crippen MR) is 69.5 cm³/mol.